The molecule has 17 heavy (non-hydrogen) atoms. The molecule has 1 rings (SSSR count). The van der Waals surface area contributed by atoms with Crippen LogP contribution in [0.25, 0.3) is 0 Å². The summed E-state index contributed by atoms with van der Waals surface area (Å²) in [5, 5.41) is 0. The van der Waals surface area contributed by atoms with Crippen molar-refractivity contribution in [1.82, 2.24) is 0 Å². The van der Waals surface area contributed by atoms with E-state index in [4.69, 9.17) is 9.47 Å². The lowest BCUT2D eigenvalue weighted by atomic mass is 10.1. The van der Waals surface area contributed by atoms with Gasteiger partial charge in [-0.2, -0.15) is 0 Å². The van der Waals surface area contributed by atoms with E-state index in [-0.39, 0.29) is 5.97 Å². The summed E-state index contributed by atoms with van der Waals surface area (Å²) in [6.45, 7) is 5.79. The number of rotatable bonds is 6. The molecule has 0 aliphatic rings. The van der Waals surface area contributed by atoms with Gasteiger partial charge in [0.2, 0.25) is 0 Å². The molecule has 1 aromatic rings. The third-order valence-electron chi connectivity index (χ3n) is 2.39. The van der Waals surface area contributed by atoms with Crippen LogP contribution in [0.1, 0.15) is 26.2 Å². The highest BCUT2D eigenvalue weighted by atomic mass is 16.5. The van der Waals surface area contributed by atoms with Gasteiger partial charge in [-0.05, 0) is 37.1 Å². The maximum absolute atomic E-state index is 11.6. The number of benzene rings is 1. The molecule has 3 nitrogen and oxygen atoms in total. The number of carbonyl (C=O) groups is 1. The highest BCUT2D eigenvalue weighted by Crippen LogP contribution is 2.18. The minimum absolute atomic E-state index is 0.358. The third-order valence-corrected chi connectivity index (χ3v) is 2.39. The second kappa shape index (κ2) is 6.74. The molecule has 0 atom stereocenters. The second-order valence-electron chi connectivity index (χ2n) is 3.77. The van der Waals surface area contributed by atoms with Gasteiger partial charge < -0.3 is 9.47 Å². The van der Waals surface area contributed by atoms with Crippen LogP contribution in [0.3, 0.4) is 0 Å². The molecule has 0 aromatic heterocycles. The van der Waals surface area contributed by atoms with Crippen molar-refractivity contribution in [3.05, 3.63) is 36.4 Å². The highest BCUT2D eigenvalue weighted by Gasteiger charge is 2.09. The Balaban J connectivity index is 2.52. The van der Waals surface area contributed by atoms with Gasteiger partial charge in [-0.25, -0.2) is 4.79 Å². The number of unbranched alkanes of at least 4 members (excludes halogenated alkanes) is 1. The van der Waals surface area contributed by atoms with Crippen molar-refractivity contribution in [2.24, 2.45) is 0 Å². The summed E-state index contributed by atoms with van der Waals surface area (Å²) in [7, 11) is 1.59. The normalized spacial score (nSPS) is 9.76. The first kappa shape index (κ1) is 13.3. The zero-order valence-corrected chi connectivity index (χ0v) is 10.4. The molecule has 0 spiro atoms. The van der Waals surface area contributed by atoms with Crippen LogP contribution in [-0.2, 0) is 4.79 Å². The van der Waals surface area contributed by atoms with Gasteiger partial charge in [-0.15, -0.1) is 0 Å². The monoisotopic (exact) mass is 234 g/mol. The van der Waals surface area contributed by atoms with Gasteiger partial charge in [0.25, 0.3) is 0 Å². The maximum Gasteiger partial charge on any atom is 0.338 e. The van der Waals surface area contributed by atoms with E-state index in [9.17, 15) is 4.79 Å². The van der Waals surface area contributed by atoms with E-state index in [1.165, 1.54) is 0 Å². The molecule has 0 heterocycles. The molecule has 3 heteroatoms. The smallest absolute Gasteiger partial charge is 0.338 e. The number of hydrogen-bond donors (Lipinski definition) is 0. The maximum atomic E-state index is 11.6. The Kier molecular flexibility index (Phi) is 5.27. The van der Waals surface area contributed by atoms with Gasteiger partial charge in [0.1, 0.15) is 11.5 Å². The van der Waals surface area contributed by atoms with Crippen LogP contribution < -0.4 is 9.47 Å². The molecule has 0 aliphatic carbocycles. The fourth-order valence-corrected chi connectivity index (χ4v) is 1.32. The summed E-state index contributed by atoms with van der Waals surface area (Å²) >= 11 is 0. The third kappa shape index (κ3) is 4.31. The first-order chi connectivity index (χ1) is 8.17. The Morgan fingerprint density at radius 1 is 1.24 bits per heavy atom. The average molecular weight is 234 g/mol. The molecule has 0 aliphatic heterocycles. The first-order valence-electron chi connectivity index (χ1n) is 5.71. The molecule has 0 N–H and O–H groups in total. The van der Waals surface area contributed by atoms with Crippen molar-refractivity contribution >= 4 is 5.97 Å². The molecule has 0 bridgehead atoms. The molecule has 0 saturated carbocycles. The van der Waals surface area contributed by atoms with E-state index in [0.29, 0.717) is 17.7 Å². The van der Waals surface area contributed by atoms with Crippen LogP contribution in [0.5, 0.6) is 11.5 Å². The number of methoxy groups -OCH3 is 1. The van der Waals surface area contributed by atoms with Gasteiger partial charge in [0.05, 0.1) is 7.11 Å². The van der Waals surface area contributed by atoms with Crippen molar-refractivity contribution in [2.75, 3.05) is 7.11 Å². The summed E-state index contributed by atoms with van der Waals surface area (Å²) < 4.78 is 10.2. The number of esters is 1. The highest BCUT2D eigenvalue weighted by molar-refractivity contribution is 5.89. The van der Waals surface area contributed by atoms with Crippen LogP contribution in [0.4, 0.5) is 0 Å². The van der Waals surface area contributed by atoms with E-state index in [1.54, 1.807) is 31.4 Å². The Hall–Kier alpha value is -1.77. The lowest BCUT2D eigenvalue weighted by Crippen LogP contribution is -2.10. The first-order valence-corrected chi connectivity index (χ1v) is 5.71. The van der Waals surface area contributed by atoms with E-state index in [2.05, 4.69) is 13.5 Å². The summed E-state index contributed by atoms with van der Waals surface area (Å²) in [5.41, 5.74) is 0.516. The Morgan fingerprint density at radius 2 is 1.82 bits per heavy atom. The molecule has 0 amide bonds. The fourth-order valence-electron chi connectivity index (χ4n) is 1.32. The van der Waals surface area contributed by atoms with Gasteiger partial charge in [-0.1, -0.05) is 19.9 Å². The molecule has 92 valence electrons. The van der Waals surface area contributed by atoms with Crippen molar-refractivity contribution < 1.29 is 14.3 Å². The molecule has 0 saturated heterocycles. The van der Waals surface area contributed by atoms with Gasteiger partial charge in [0.15, 0.2) is 0 Å². The van der Waals surface area contributed by atoms with Gasteiger partial charge in [0, 0.05) is 5.57 Å². The second-order valence-corrected chi connectivity index (χ2v) is 3.77. The molecular formula is C14H18O3. The van der Waals surface area contributed by atoms with Crippen LogP contribution in [0.15, 0.2) is 36.4 Å². The Bertz CT molecular complexity index is 379. The van der Waals surface area contributed by atoms with Crippen molar-refractivity contribution in [3.63, 3.8) is 0 Å². The summed E-state index contributed by atoms with van der Waals surface area (Å²) in [6.07, 6.45) is 2.68. The quantitative estimate of drug-likeness (QED) is 0.430. The van der Waals surface area contributed by atoms with E-state index >= 15 is 0 Å². The molecule has 0 unspecified atom stereocenters. The van der Waals surface area contributed by atoms with E-state index in [0.717, 1.165) is 18.6 Å². The minimum atomic E-state index is -0.358. The number of hydrogen-bond acceptors (Lipinski definition) is 3. The van der Waals surface area contributed by atoms with Crippen molar-refractivity contribution in [1.29, 1.82) is 0 Å². The predicted octanol–water partition coefficient (Wildman–Crippen LogP) is 3.35. The Morgan fingerprint density at radius 3 is 2.35 bits per heavy atom. The Labute approximate surface area is 102 Å². The van der Waals surface area contributed by atoms with Crippen LogP contribution in [-0.4, -0.2) is 13.1 Å². The van der Waals surface area contributed by atoms with Crippen LogP contribution in [0.2, 0.25) is 0 Å². The average Bonchev–Trinajstić information content (AvgIpc) is 2.36. The topological polar surface area (TPSA) is 35.5 Å². The summed E-state index contributed by atoms with van der Waals surface area (Å²) in [4.78, 5) is 11.6. The summed E-state index contributed by atoms with van der Waals surface area (Å²) in [5.74, 6) is 0.881. The van der Waals surface area contributed by atoms with E-state index in [1.807, 2.05) is 0 Å². The molecular weight excluding hydrogens is 216 g/mol. The summed E-state index contributed by atoms with van der Waals surface area (Å²) in [6, 6.07) is 6.89. The van der Waals surface area contributed by atoms with Crippen molar-refractivity contribution in [2.45, 2.75) is 26.2 Å². The number of ether oxygens (including phenoxy) is 2. The minimum Gasteiger partial charge on any atom is -0.497 e. The lowest BCUT2D eigenvalue weighted by molar-refractivity contribution is -0.130. The SMILES string of the molecule is C=C(CCCC)C(=O)Oc1ccc(OC)cc1. The van der Waals surface area contributed by atoms with Crippen LogP contribution >= 0.6 is 0 Å². The van der Waals surface area contributed by atoms with Crippen LogP contribution in [0, 0.1) is 0 Å². The molecule has 1 aromatic carbocycles. The fraction of sp³-hybridized carbons (Fsp3) is 0.357. The standard InChI is InChI=1S/C14H18O3/c1-4-5-6-11(2)14(15)17-13-9-7-12(16-3)8-10-13/h7-10H,2,4-6H2,1,3H3. The zero-order chi connectivity index (χ0) is 12.7. The van der Waals surface area contributed by atoms with Crippen molar-refractivity contribution in [3.8, 4) is 11.5 Å². The predicted molar refractivity (Wildman–Crippen MR) is 67.3 cm³/mol. The number of carbonyl (C=O) groups excluding carboxylic acids is 1. The lowest BCUT2D eigenvalue weighted by Gasteiger charge is -2.06. The van der Waals surface area contributed by atoms with Gasteiger partial charge in [-0.3, -0.25) is 0 Å². The van der Waals surface area contributed by atoms with Gasteiger partial charge >= 0.3 is 5.97 Å². The van der Waals surface area contributed by atoms with E-state index < -0.39 is 0 Å². The molecule has 0 radical (unpaired) electrons. The molecule has 0 fully saturated rings. The zero-order valence-electron chi connectivity index (χ0n) is 10.4. The largest absolute Gasteiger partial charge is 0.497 e.